The van der Waals surface area contributed by atoms with Crippen LogP contribution in [0.3, 0.4) is 0 Å². The molecule has 2 heterocycles. The second-order valence-electron chi connectivity index (χ2n) is 5.75. The molecule has 0 bridgehead atoms. The molecule has 0 saturated carbocycles. The first-order valence-electron chi connectivity index (χ1n) is 6.93. The molecule has 0 aromatic heterocycles. The van der Waals surface area contributed by atoms with Crippen LogP contribution in [0.1, 0.15) is 24.0 Å². The molecule has 0 amide bonds. The Balaban J connectivity index is 1.66. The van der Waals surface area contributed by atoms with E-state index in [0.29, 0.717) is 0 Å². The van der Waals surface area contributed by atoms with E-state index < -0.39 is 0 Å². The molecule has 1 aromatic carbocycles. The smallest absolute Gasteiger partial charge is 0.0245 e. The van der Waals surface area contributed by atoms with Gasteiger partial charge in [-0.3, -0.25) is 4.90 Å². The molecule has 1 aromatic rings. The maximum Gasteiger partial charge on any atom is 0.0245 e. The van der Waals surface area contributed by atoms with Crippen LogP contribution in [0.2, 0.25) is 0 Å². The normalized spacial score (nSPS) is 28.3. The van der Waals surface area contributed by atoms with Crippen LogP contribution in [-0.4, -0.2) is 30.6 Å². The van der Waals surface area contributed by atoms with Crippen LogP contribution >= 0.6 is 15.9 Å². The van der Waals surface area contributed by atoms with Gasteiger partial charge in [0.05, 0.1) is 0 Å². The Morgan fingerprint density at radius 3 is 3.06 bits per heavy atom. The second kappa shape index (κ2) is 5.32. The van der Waals surface area contributed by atoms with Crippen LogP contribution in [0, 0.1) is 12.8 Å². The highest BCUT2D eigenvalue weighted by Crippen LogP contribution is 2.27. The SMILES string of the molecule is Cc1ccc(CN2CC3CCCNC3C2)c(Br)c1. The quantitative estimate of drug-likeness (QED) is 0.903. The molecule has 2 atom stereocenters. The number of likely N-dealkylation sites (tertiary alicyclic amines) is 1. The topological polar surface area (TPSA) is 15.3 Å². The maximum atomic E-state index is 3.69. The fourth-order valence-corrected chi connectivity index (χ4v) is 3.91. The van der Waals surface area contributed by atoms with E-state index in [-0.39, 0.29) is 0 Å². The van der Waals surface area contributed by atoms with Gasteiger partial charge in [0.1, 0.15) is 0 Å². The van der Waals surface area contributed by atoms with Crippen molar-refractivity contribution < 1.29 is 0 Å². The molecule has 2 aliphatic rings. The van der Waals surface area contributed by atoms with Gasteiger partial charge in [0.2, 0.25) is 0 Å². The first-order chi connectivity index (χ1) is 8.72. The van der Waals surface area contributed by atoms with Crippen LogP contribution in [0.5, 0.6) is 0 Å². The zero-order valence-corrected chi connectivity index (χ0v) is 12.5. The van der Waals surface area contributed by atoms with E-state index in [2.05, 4.69) is 51.3 Å². The predicted molar refractivity (Wildman–Crippen MR) is 78.7 cm³/mol. The third kappa shape index (κ3) is 2.63. The molecule has 98 valence electrons. The fourth-order valence-electron chi connectivity index (χ4n) is 3.29. The number of piperidine rings is 1. The predicted octanol–water partition coefficient (Wildman–Crippen LogP) is 2.94. The highest BCUT2D eigenvalue weighted by molar-refractivity contribution is 9.10. The molecule has 3 heteroatoms. The number of hydrogen-bond donors (Lipinski definition) is 1. The number of hydrogen-bond acceptors (Lipinski definition) is 2. The van der Waals surface area contributed by atoms with Crippen LogP contribution < -0.4 is 5.32 Å². The first kappa shape index (κ1) is 12.6. The van der Waals surface area contributed by atoms with Crippen molar-refractivity contribution in [3.05, 3.63) is 33.8 Å². The molecule has 0 aliphatic carbocycles. The van der Waals surface area contributed by atoms with Gasteiger partial charge in [-0.15, -0.1) is 0 Å². The lowest BCUT2D eigenvalue weighted by Gasteiger charge is -2.24. The molecule has 2 unspecified atom stereocenters. The summed E-state index contributed by atoms with van der Waals surface area (Å²) in [6, 6.07) is 7.43. The van der Waals surface area contributed by atoms with E-state index in [4.69, 9.17) is 0 Å². The zero-order valence-electron chi connectivity index (χ0n) is 11.0. The molecule has 18 heavy (non-hydrogen) atoms. The number of rotatable bonds is 2. The molecule has 2 aliphatic heterocycles. The Morgan fingerprint density at radius 2 is 2.28 bits per heavy atom. The van der Waals surface area contributed by atoms with Crippen molar-refractivity contribution in [2.24, 2.45) is 5.92 Å². The first-order valence-corrected chi connectivity index (χ1v) is 7.72. The van der Waals surface area contributed by atoms with Gasteiger partial charge in [-0.1, -0.05) is 28.1 Å². The van der Waals surface area contributed by atoms with Gasteiger partial charge < -0.3 is 5.32 Å². The monoisotopic (exact) mass is 308 g/mol. The van der Waals surface area contributed by atoms with Crippen molar-refractivity contribution in [1.29, 1.82) is 0 Å². The lowest BCUT2D eigenvalue weighted by molar-refractivity contribution is 0.312. The number of nitrogens with zero attached hydrogens (tertiary/aromatic N) is 1. The van der Waals surface area contributed by atoms with E-state index in [1.165, 1.54) is 48.1 Å². The van der Waals surface area contributed by atoms with E-state index in [1.807, 2.05) is 0 Å². The molecule has 0 spiro atoms. The van der Waals surface area contributed by atoms with Gasteiger partial charge in [-0.25, -0.2) is 0 Å². The number of halogens is 1. The van der Waals surface area contributed by atoms with Crippen LogP contribution in [0.25, 0.3) is 0 Å². The average molecular weight is 309 g/mol. The summed E-state index contributed by atoms with van der Waals surface area (Å²) in [6.45, 7) is 6.91. The van der Waals surface area contributed by atoms with Crippen molar-refractivity contribution in [2.45, 2.75) is 32.4 Å². The number of nitrogens with one attached hydrogen (secondary N) is 1. The molecule has 0 radical (unpaired) electrons. The Kier molecular flexibility index (Phi) is 3.73. The standard InChI is InChI=1S/C15H21BrN2/c1-11-4-5-12(14(16)7-11)8-18-9-13-3-2-6-17-15(13)10-18/h4-5,7,13,15,17H,2-3,6,8-10H2,1H3. The number of benzene rings is 1. The molecular weight excluding hydrogens is 288 g/mol. The molecule has 2 fully saturated rings. The number of fused-ring (bicyclic) bond motifs is 1. The summed E-state index contributed by atoms with van der Waals surface area (Å²) < 4.78 is 1.25. The summed E-state index contributed by atoms with van der Waals surface area (Å²) in [4.78, 5) is 2.60. The highest BCUT2D eigenvalue weighted by atomic mass is 79.9. The molecule has 3 rings (SSSR count). The Bertz CT molecular complexity index is 419. The van der Waals surface area contributed by atoms with E-state index in [0.717, 1.165) is 18.5 Å². The summed E-state index contributed by atoms with van der Waals surface area (Å²) in [7, 11) is 0. The van der Waals surface area contributed by atoms with Crippen molar-refractivity contribution in [3.63, 3.8) is 0 Å². The molecule has 2 saturated heterocycles. The minimum atomic E-state index is 0.739. The minimum Gasteiger partial charge on any atom is -0.312 e. The fraction of sp³-hybridized carbons (Fsp3) is 0.600. The Labute approximate surface area is 118 Å². The average Bonchev–Trinajstić information content (AvgIpc) is 2.75. The molecule has 2 nitrogen and oxygen atoms in total. The summed E-state index contributed by atoms with van der Waals surface area (Å²) >= 11 is 3.69. The summed E-state index contributed by atoms with van der Waals surface area (Å²) in [5.74, 6) is 0.878. The summed E-state index contributed by atoms with van der Waals surface area (Å²) in [6.07, 6.45) is 2.76. The van der Waals surface area contributed by atoms with Crippen molar-refractivity contribution >= 4 is 15.9 Å². The maximum absolute atomic E-state index is 3.69. The van der Waals surface area contributed by atoms with E-state index in [9.17, 15) is 0 Å². The van der Waals surface area contributed by atoms with Gasteiger partial charge >= 0.3 is 0 Å². The second-order valence-corrected chi connectivity index (χ2v) is 6.61. The lowest BCUT2D eigenvalue weighted by Crippen LogP contribution is -2.40. The Morgan fingerprint density at radius 1 is 1.39 bits per heavy atom. The summed E-state index contributed by atoms with van der Waals surface area (Å²) in [5, 5.41) is 3.67. The van der Waals surface area contributed by atoms with Crippen LogP contribution in [0.4, 0.5) is 0 Å². The third-order valence-corrected chi connectivity index (χ3v) is 5.02. The van der Waals surface area contributed by atoms with Gasteiger partial charge in [0, 0.05) is 30.1 Å². The minimum absolute atomic E-state index is 0.739. The zero-order chi connectivity index (χ0) is 12.5. The largest absolute Gasteiger partial charge is 0.312 e. The highest BCUT2D eigenvalue weighted by Gasteiger charge is 2.33. The summed E-state index contributed by atoms with van der Waals surface area (Å²) in [5.41, 5.74) is 2.74. The van der Waals surface area contributed by atoms with Crippen LogP contribution in [-0.2, 0) is 6.54 Å². The van der Waals surface area contributed by atoms with Gasteiger partial charge in [-0.05, 0) is 49.4 Å². The molecular formula is C15H21BrN2. The third-order valence-electron chi connectivity index (χ3n) is 4.28. The van der Waals surface area contributed by atoms with Crippen molar-refractivity contribution in [2.75, 3.05) is 19.6 Å². The van der Waals surface area contributed by atoms with E-state index in [1.54, 1.807) is 0 Å². The van der Waals surface area contributed by atoms with Crippen LogP contribution in [0.15, 0.2) is 22.7 Å². The van der Waals surface area contributed by atoms with Gasteiger partial charge in [0.25, 0.3) is 0 Å². The van der Waals surface area contributed by atoms with Gasteiger partial charge in [0.15, 0.2) is 0 Å². The molecule has 1 N–H and O–H groups in total. The van der Waals surface area contributed by atoms with E-state index >= 15 is 0 Å². The number of aryl methyl sites for hydroxylation is 1. The lowest BCUT2D eigenvalue weighted by atomic mass is 9.94. The Hall–Kier alpha value is -0.380. The van der Waals surface area contributed by atoms with Crippen molar-refractivity contribution in [3.8, 4) is 0 Å². The van der Waals surface area contributed by atoms with Crippen molar-refractivity contribution in [1.82, 2.24) is 10.2 Å². The van der Waals surface area contributed by atoms with Gasteiger partial charge in [-0.2, -0.15) is 0 Å².